The second-order valence-electron chi connectivity index (χ2n) is 7.22. The summed E-state index contributed by atoms with van der Waals surface area (Å²) in [5.74, 6) is 1.49. The van der Waals surface area contributed by atoms with Gasteiger partial charge in [0.15, 0.2) is 0 Å². The number of aromatic nitrogens is 2. The summed E-state index contributed by atoms with van der Waals surface area (Å²) in [6.45, 7) is 4.26. The zero-order valence-corrected chi connectivity index (χ0v) is 16.7. The van der Waals surface area contributed by atoms with E-state index in [2.05, 4.69) is 20.4 Å². The summed E-state index contributed by atoms with van der Waals surface area (Å²) in [6, 6.07) is 12.6. The van der Waals surface area contributed by atoms with E-state index in [0.717, 1.165) is 42.9 Å². The SMILES string of the molecule is COc1cccc(-c2noc(C(C)NCc3c(F)cccc3N3CCCC3)n2)c1. The molecule has 0 aliphatic carbocycles. The van der Waals surface area contributed by atoms with Crippen molar-refractivity contribution in [3.63, 3.8) is 0 Å². The number of rotatable bonds is 7. The topological polar surface area (TPSA) is 63.4 Å². The van der Waals surface area contributed by atoms with Crippen molar-refractivity contribution in [3.8, 4) is 17.1 Å². The second-order valence-corrected chi connectivity index (χ2v) is 7.22. The van der Waals surface area contributed by atoms with Gasteiger partial charge in [-0.25, -0.2) is 4.39 Å². The average molecular weight is 396 g/mol. The Morgan fingerprint density at radius 3 is 2.79 bits per heavy atom. The molecule has 1 aliphatic heterocycles. The lowest BCUT2D eigenvalue weighted by Gasteiger charge is -2.22. The summed E-state index contributed by atoms with van der Waals surface area (Å²) < 4.78 is 25.2. The number of hydrogen-bond donors (Lipinski definition) is 1. The van der Waals surface area contributed by atoms with Gasteiger partial charge in [-0.05, 0) is 44.0 Å². The number of nitrogens with one attached hydrogen (secondary N) is 1. The van der Waals surface area contributed by atoms with E-state index in [9.17, 15) is 4.39 Å². The standard InChI is InChI=1S/C22H25FN4O2/c1-15(22-25-21(26-29-22)16-7-5-8-17(13-16)28-2)24-14-18-19(23)9-6-10-20(18)27-11-3-4-12-27/h5-10,13,15,24H,3-4,11-12,14H2,1-2H3. The minimum atomic E-state index is -0.215. The molecular weight excluding hydrogens is 371 g/mol. The number of anilines is 1. The van der Waals surface area contributed by atoms with Crippen LogP contribution in [0.2, 0.25) is 0 Å². The lowest BCUT2D eigenvalue weighted by molar-refractivity contribution is 0.338. The predicted octanol–water partition coefficient (Wildman–Crippen LogP) is 4.34. The van der Waals surface area contributed by atoms with Crippen LogP contribution >= 0.6 is 0 Å². The number of hydrogen-bond acceptors (Lipinski definition) is 6. The number of methoxy groups -OCH3 is 1. The Labute approximate surface area is 169 Å². The molecular formula is C22H25FN4O2. The van der Waals surface area contributed by atoms with E-state index in [1.54, 1.807) is 13.2 Å². The highest BCUT2D eigenvalue weighted by Gasteiger charge is 2.20. The molecule has 1 atom stereocenters. The molecule has 0 bridgehead atoms. The highest BCUT2D eigenvalue weighted by Crippen LogP contribution is 2.28. The molecule has 1 unspecified atom stereocenters. The molecule has 29 heavy (non-hydrogen) atoms. The first kappa shape index (κ1) is 19.4. The molecule has 6 nitrogen and oxygen atoms in total. The van der Waals surface area contributed by atoms with Crippen LogP contribution in [0.15, 0.2) is 47.0 Å². The van der Waals surface area contributed by atoms with Gasteiger partial charge < -0.3 is 19.5 Å². The van der Waals surface area contributed by atoms with Crippen molar-refractivity contribution in [1.82, 2.24) is 15.5 Å². The first-order valence-corrected chi connectivity index (χ1v) is 9.89. The quantitative estimate of drug-likeness (QED) is 0.641. The first-order valence-electron chi connectivity index (χ1n) is 9.89. The lowest BCUT2D eigenvalue weighted by atomic mass is 10.1. The van der Waals surface area contributed by atoms with E-state index in [1.807, 2.05) is 37.3 Å². The van der Waals surface area contributed by atoms with Gasteiger partial charge in [0, 0.05) is 36.4 Å². The van der Waals surface area contributed by atoms with E-state index < -0.39 is 0 Å². The molecule has 1 saturated heterocycles. The fraction of sp³-hybridized carbons (Fsp3) is 0.364. The number of ether oxygens (including phenoxy) is 1. The monoisotopic (exact) mass is 396 g/mol. The van der Waals surface area contributed by atoms with Crippen molar-refractivity contribution < 1.29 is 13.7 Å². The lowest BCUT2D eigenvalue weighted by Crippen LogP contribution is -2.24. The molecule has 1 aromatic heterocycles. The third-order valence-electron chi connectivity index (χ3n) is 5.27. The molecule has 1 aliphatic rings. The molecule has 0 saturated carbocycles. The van der Waals surface area contributed by atoms with Gasteiger partial charge in [-0.15, -0.1) is 0 Å². The fourth-order valence-electron chi connectivity index (χ4n) is 3.61. The number of benzene rings is 2. The maximum Gasteiger partial charge on any atom is 0.243 e. The maximum absolute atomic E-state index is 14.5. The molecule has 4 rings (SSSR count). The molecule has 0 radical (unpaired) electrons. The smallest absolute Gasteiger partial charge is 0.243 e. The summed E-state index contributed by atoms with van der Waals surface area (Å²) in [5, 5.41) is 7.39. The van der Waals surface area contributed by atoms with E-state index in [4.69, 9.17) is 9.26 Å². The van der Waals surface area contributed by atoms with Crippen molar-refractivity contribution in [3.05, 3.63) is 59.7 Å². The van der Waals surface area contributed by atoms with Crippen LogP contribution in [0.1, 0.15) is 37.3 Å². The van der Waals surface area contributed by atoms with E-state index in [0.29, 0.717) is 23.8 Å². The summed E-state index contributed by atoms with van der Waals surface area (Å²) >= 11 is 0. The highest BCUT2D eigenvalue weighted by molar-refractivity contribution is 5.57. The zero-order chi connectivity index (χ0) is 20.2. The molecule has 0 amide bonds. The van der Waals surface area contributed by atoms with E-state index in [-0.39, 0.29) is 11.9 Å². The van der Waals surface area contributed by atoms with Crippen LogP contribution in [0.4, 0.5) is 10.1 Å². The van der Waals surface area contributed by atoms with Crippen molar-refractivity contribution in [1.29, 1.82) is 0 Å². The number of halogens is 1. The Morgan fingerprint density at radius 1 is 1.21 bits per heavy atom. The summed E-state index contributed by atoms with van der Waals surface area (Å²) in [5.41, 5.74) is 2.45. The molecule has 2 heterocycles. The Morgan fingerprint density at radius 2 is 2.00 bits per heavy atom. The van der Waals surface area contributed by atoms with Gasteiger partial charge in [-0.3, -0.25) is 0 Å². The van der Waals surface area contributed by atoms with Crippen molar-refractivity contribution in [2.75, 3.05) is 25.1 Å². The third-order valence-corrected chi connectivity index (χ3v) is 5.27. The Bertz CT molecular complexity index is 969. The second kappa shape index (κ2) is 8.61. The summed E-state index contributed by atoms with van der Waals surface area (Å²) in [4.78, 5) is 6.74. The van der Waals surface area contributed by atoms with Gasteiger partial charge in [0.05, 0.1) is 13.2 Å². The van der Waals surface area contributed by atoms with Gasteiger partial charge in [0.25, 0.3) is 0 Å². The molecule has 1 N–H and O–H groups in total. The average Bonchev–Trinajstić information content (AvgIpc) is 3.45. The van der Waals surface area contributed by atoms with Crippen LogP contribution in [0, 0.1) is 5.82 Å². The van der Waals surface area contributed by atoms with Crippen LogP contribution in [0.25, 0.3) is 11.4 Å². The molecule has 2 aromatic carbocycles. The summed E-state index contributed by atoms with van der Waals surface area (Å²) in [6.07, 6.45) is 2.30. The molecule has 152 valence electrons. The van der Waals surface area contributed by atoms with E-state index >= 15 is 0 Å². The van der Waals surface area contributed by atoms with Gasteiger partial charge in [-0.1, -0.05) is 23.4 Å². The minimum Gasteiger partial charge on any atom is -0.497 e. The van der Waals surface area contributed by atoms with Crippen LogP contribution in [-0.2, 0) is 6.54 Å². The Balaban J connectivity index is 1.47. The molecule has 3 aromatic rings. The largest absolute Gasteiger partial charge is 0.497 e. The van der Waals surface area contributed by atoms with Crippen molar-refractivity contribution in [2.24, 2.45) is 0 Å². The van der Waals surface area contributed by atoms with Crippen molar-refractivity contribution >= 4 is 5.69 Å². The van der Waals surface area contributed by atoms with Gasteiger partial charge in [-0.2, -0.15) is 4.98 Å². The van der Waals surface area contributed by atoms with Gasteiger partial charge in [0.1, 0.15) is 11.6 Å². The van der Waals surface area contributed by atoms with Crippen molar-refractivity contribution in [2.45, 2.75) is 32.4 Å². The van der Waals surface area contributed by atoms with Crippen LogP contribution < -0.4 is 15.0 Å². The van der Waals surface area contributed by atoms with Gasteiger partial charge in [0.2, 0.25) is 11.7 Å². The molecule has 1 fully saturated rings. The van der Waals surface area contributed by atoms with Crippen LogP contribution in [0.3, 0.4) is 0 Å². The Hall–Kier alpha value is -2.93. The zero-order valence-electron chi connectivity index (χ0n) is 16.7. The van der Waals surface area contributed by atoms with E-state index in [1.165, 1.54) is 6.07 Å². The fourth-order valence-corrected chi connectivity index (χ4v) is 3.61. The normalized spacial score (nSPS) is 14.9. The van der Waals surface area contributed by atoms with Crippen LogP contribution in [0.5, 0.6) is 5.75 Å². The van der Waals surface area contributed by atoms with Crippen LogP contribution in [-0.4, -0.2) is 30.3 Å². The van der Waals surface area contributed by atoms with Gasteiger partial charge >= 0.3 is 0 Å². The first-order chi connectivity index (χ1) is 14.2. The maximum atomic E-state index is 14.5. The Kier molecular flexibility index (Phi) is 5.76. The minimum absolute atomic E-state index is 0.198. The highest BCUT2D eigenvalue weighted by atomic mass is 19.1. The third kappa shape index (κ3) is 4.24. The summed E-state index contributed by atoms with van der Waals surface area (Å²) in [7, 11) is 1.62. The predicted molar refractivity (Wildman–Crippen MR) is 109 cm³/mol. The molecule has 7 heteroatoms. The number of nitrogens with zero attached hydrogens (tertiary/aromatic N) is 3. The molecule has 0 spiro atoms.